The second kappa shape index (κ2) is 7.24. The van der Waals surface area contributed by atoms with Crippen molar-refractivity contribution in [1.29, 1.82) is 0 Å². The van der Waals surface area contributed by atoms with E-state index >= 15 is 0 Å². The third-order valence-corrected chi connectivity index (χ3v) is 7.51. The SMILES string of the molecule is Cc1ccc(S(=O)(=O)Nc2cc(C(=O)N[C@@H]3C[C@H]4CC[C@H]3C4)ccc2C)cc1. The van der Waals surface area contributed by atoms with Gasteiger partial charge in [-0.15, -0.1) is 0 Å². The lowest BCUT2D eigenvalue weighted by atomic mass is 9.95. The first-order valence-electron chi connectivity index (χ1n) is 9.83. The van der Waals surface area contributed by atoms with Crippen molar-refractivity contribution < 1.29 is 13.2 Å². The number of anilines is 1. The van der Waals surface area contributed by atoms with Crippen LogP contribution >= 0.6 is 0 Å². The normalized spacial score (nSPS) is 23.6. The zero-order valence-electron chi connectivity index (χ0n) is 16.2. The topological polar surface area (TPSA) is 75.3 Å². The van der Waals surface area contributed by atoms with Crippen molar-refractivity contribution in [2.75, 3.05) is 4.72 Å². The smallest absolute Gasteiger partial charge is 0.261 e. The first-order chi connectivity index (χ1) is 13.3. The lowest BCUT2D eigenvalue weighted by molar-refractivity contribution is 0.0923. The molecule has 5 nitrogen and oxygen atoms in total. The molecule has 0 unspecified atom stereocenters. The van der Waals surface area contributed by atoms with E-state index in [9.17, 15) is 13.2 Å². The number of hydrogen-bond donors (Lipinski definition) is 2. The van der Waals surface area contributed by atoms with E-state index in [0.717, 1.165) is 23.5 Å². The van der Waals surface area contributed by atoms with Gasteiger partial charge in [0.05, 0.1) is 10.6 Å². The summed E-state index contributed by atoms with van der Waals surface area (Å²) in [5.74, 6) is 1.22. The van der Waals surface area contributed by atoms with Gasteiger partial charge in [-0.2, -0.15) is 0 Å². The molecular weight excluding hydrogens is 372 g/mol. The second-order valence-corrected chi connectivity index (χ2v) is 9.89. The van der Waals surface area contributed by atoms with Crippen molar-refractivity contribution in [3.8, 4) is 0 Å². The maximum atomic E-state index is 12.7. The molecule has 148 valence electrons. The minimum Gasteiger partial charge on any atom is -0.349 e. The van der Waals surface area contributed by atoms with Crippen LogP contribution in [0.2, 0.25) is 0 Å². The van der Waals surface area contributed by atoms with Crippen molar-refractivity contribution in [3.63, 3.8) is 0 Å². The summed E-state index contributed by atoms with van der Waals surface area (Å²) in [6.45, 7) is 3.73. The number of nitrogens with one attached hydrogen (secondary N) is 2. The summed E-state index contributed by atoms with van der Waals surface area (Å²) in [7, 11) is -3.71. The van der Waals surface area contributed by atoms with Crippen LogP contribution in [0.1, 0.15) is 47.2 Å². The van der Waals surface area contributed by atoms with Gasteiger partial charge < -0.3 is 5.32 Å². The Morgan fingerprint density at radius 1 is 1.00 bits per heavy atom. The zero-order valence-corrected chi connectivity index (χ0v) is 17.1. The van der Waals surface area contributed by atoms with Gasteiger partial charge in [0, 0.05) is 11.6 Å². The Bertz CT molecular complexity index is 999. The van der Waals surface area contributed by atoms with Crippen molar-refractivity contribution in [2.45, 2.75) is 50.5 Å². The fourth-order valence-electron chi connectivity index (χ4n) is 4.47. The molecule has 0 aliphatic heterocycles. The molecule has 0 radical (unpaired) electrons. The minimum atomic E-state index is -3.71. The van der Waals surface area contributed by atoms with Crippen LogP contribution in [0, 0.1) is 25.7 Å². The molecule has 2 saturated carbocycles. The van der Waals surface area contributed by atoms with Crippen LogP contribution in [-0.4, -0.2) is 20.4 Å². The molecule has 2 aromatic rings. The Kier molecular flexibility index (Phi) is 4.91. The molecule has 0 heterocycles. The van der Waals surface area contributed by atoms with Crippen LogP contribution in [-0.2, 0) is 10.0 Å². The maximum absolute atomic E-state index is 12.7. The summed E-state index contributed by atoms with van der Waals surface area (Å²) in [6.07, 6.45) is 4.77. The molecule has 0 aromatic heterocycles. The number of aryl methyl sites for hydroxylation is 2. The summed E-state index contributed by atoms with van der Waals surface area (Å²) in [4.78, 5) is 12.9. The highest BCUT2D eigenvalue weighted by Crippen LogP contribution is 2.44. The average molecular weight is 399 g/mol. The Hall–Kier alpha value is -2.34. The summed E-state index contributed by atoms with van der Waals surface area (Å²) >= 11 is 0. The molecule has 2 aromatic carbocycles. The average Bonchev–Trinajstić information content (AvgIpc) is 3.26. The molecule has 1 amide bonds. The highest BCUT2D eigenvalue weighted by Gasteiger charge is 2.40. The summed E-state index contributed by atoms with van der Waals surface area (Å²) in [5, 5.41) is 3.16. The fraction of sp³-hybridized carbons (Fsp3) is 0.409. The Labute approximate surface area is 166 Å². The number of benzene rings is 2. The molecule has 4 rings (SSSR count). The number of sulfonamides is 1. The lowest BCUT2D eigenvalue weighted by Crippen LogP contribution is -2.38. The van der Waals surface area contributed by atoms with Crippen molar-refractivity contribution >= 4 is 21.6 Å². The first kappa shape index (κ1) is 19.0. The molecule has 28 heavy (non-hydrogen) atoms. The van der Waals surface area contributed by atoms with Gasteiger partial charge >= 0.3 is 0 Å². The van der Waals surface area contributed by atoms with Gasteiger partial charge in [0.15, 0.2) is 0 Å². The van der Waals surface area contributed by atoms with E-state index in [1.54, 1.807) is 42.5 Å². The van der Waals surface area contributed by atoms with Gasteiger partial charge in [0.25, 0.3) is 15.9 Å². The van der Waals surface area contributed by atoms with E-state index < -0.39 is 10.0 Å². The lowest BCUT2D eigenvalue weighted by Gasteiger charge is -2.23. The quantitative estimate of drug-likeness (QED) is 0.799. The van der Waals surface area contributed by atoms with E-state index in [-0.39, 0.29) is 16.8 Å². The van der Waals surface area contributed by atoms with Crippen LogP contribution in [0.4, 0.5) is 5.69 Å². The number of carbonyl (C=O) groups is 1. The van der Waals surface area contributed by atoms with Crippen molar-refractivity contribution in [3.05, 3.63) is 59.2 Å². The molecule has 0 saturated heterocycles. The largest absolute Gasteiger partial charge is 0.349 e. The van der Waals surface area contributed by atoms with Gasteiger partial charge in [0.1, 0.15) is 0 Å². The monoisotopic (exact) mass is 398 g/mol. The van der Waals surface area contributed by atoms with Gasteiger partial charge in [-0.05, 0) is 74.8 Å². The van der Waals surface area contributed by atoms with E-state index in [0.29, 0.717) is 17.2 Å². The molecule has 2 fully saturated rings. The predicted octanol–water partition coefficient (Wildman–Crippen LogP) is 4.02. The number of hydrogen-bond acceptors (Lipinski definition) is 3. The molecule has 6 heteroatoms. The highest BCUT2D eigenvalue weighted by molar-refractivity contribution is 7.92. The van der Waals surface area contributed by atoms with Crippen LogP contribution in [0.25, 0.3) is 0 Å². The third kappa shape index (κ3) is 3.78. The van der Waals surface area contributed by atoms with E-state index in [1.807, 2.05) is 13.8 Å². The number of rotatable bonds is 5. The van der Waals surface area contributed by atoms with E-state index in [2.05, 4.69) is 10.0 Å². The molecule has 2 aliphatic rings. The van der Waals surface area contributed by atoms with Crippen molar-refractivity contribution in [1.82, 2.24) is 5.32 Å². The van der Waals surface area contributed by atoms with Crippen LogP contribution < -0.4 is 10.0 Å². The number of carbonyl (C=O) groups excluding carboxylic acids is 1. The minimum absolute atomic E-state index is 0.131. The van der Waals surface area contributed by atoms with Gasteiger partial charge in [-0.25, -0.2) is 8.42 Å². The first-order valence-corrected chi connectivity index (χ1v) is 11.3. The molecule has 3 atom stereocenters. The summed E-state index contributed by atoms with van der Waals surface area (Å²) < 4.78 is 28.0. The van der Waals surface area contributed by atoms with Gasteiger partial charge in [0.2, 0.25) is 0 Å². The third-order valence-electron chi connectivity index (χ3n) is 6.13. The number of amides is 1. The zero-order chi connectivity index (χ0) is 19.9. The molecular formula is C22H26N2O3S. The standard InChI is InChI=1S/C22H26N2O3S/c1-14-3-9-19(10-4-14)28(26,27)24-20-13-18(7-5-15(20)2)22(25)23-21-12-16-6-8-17(21)11-16/h3-5,7,9-10,13,16-17,21,24H,6,8,11-12H2,1-2H3,(H,23,25)/t16-,17-,21+/m0/s1. The van der Waals surface area contributed by atoms with Gasteiger partial charge in [-0.1, -0.05) is 30.2 Å². The molecule has 2 bridgehead atoms. The van der Waals surface area contributed by atoms with Crippen LogP contribution in [0.15, 0.2) is 47.4 Å². The van der Waals surface area contributed by atoms with E-state index in [4.69, 9.17) is 0 Å². The molecule has 0 spiro atoms. The summed E-state index contributed by atoms with van der Waals surface area (Å²) in [5.41, 5.74) is 2.68. The summed E-state index contributed by atoms with van der Waals surface area (Å²) in [6, 6.07) is 12.1. The number of fused-ring (bicyclic) bond motifs is 2. The molecule has 2 aliphatic carbocycles. The fourth-order valence-corrected chi connectivity index (χ4v) is 5.59. The van der Waals surface area contributed by atoms with E-state index in [1.165, 1.54) is 19.3 Å². The maximum Gasteiger partial charge on any atom is 0.261 e. The van der Waals surface area contributed by atoms with Crippen molar-refractivity contribution in [2.24, 2.45) is 11.8 Å². The van der Waals surface area contributed by atoms with Crippen LogP contribution in [0.5, 0.6) is 0 Å². The molecule has 2 N–H and O–H groups in total. The predicted molar refractivity (Wildman–Crippen MR) is 110 cm³/mol. The second-order valence-electron chi connectivity index (χ2n) is 8.20. The Morgan fingerprint density at radius 3 is 2.39 bits per heavy atom. The Balaban J connectivity index is 1.52. The van der Waals surface area contributed by atoms with Crippen LogP contribution in [0.3, 0.4) is 0 Å². The Morgan fingerprint density at radius 2 is 1.75 bits per heavy atom. The van der Waals surface area contributed by atoms with Gasteiger partial charge in [-0.3, -0.25) is 9.52 Å². The highest BCUT2D eigenvalue weighted by atomic mass is 32.2.